The molecule has 0 bridgehead atoms. The van der Waals surface area contributed by atoms with Crippen molar-refractivity contribution in [3.63, 3.8) is 0 Å². The van der Waals surface area contributed by atoms with Crippen LogP contribution in [0.15, 0.2) is 42.5 Å². The van der Waals surface area contributed by atoms with E-state index < -0.39 is 84.3 Å². The van der Waals surface area contributed by atoms with Gasteiger partial charge in [-0.15, -0.1) is 0 Å². The van der Waals surface area contributed by atoms with Gasteiger partial charge in [-0.2, -0.15) is 0 Å². The summed E-state index contributed by atoms with van der Waals surface area (Å²) in [5, 5.41) is 18.4. The highest BCUT2D eigenvalue weighted by molar-refractivity contribution is 5.98. The number of primary amides is 2. The lowest BCUT2D eigenvalue weighted by Crippen LogP contribution is -2.58. The molecule has 0 radical (unpaired) electrons. The number of hydrogen-bond donors (Lipinski definition) is 6. The lowest BCUT2D eigenvalue weighted by molar-refractivity contribution is -0.143. The minimum atomic E-state index is -1.50. The van der Waals surface area contributed by atoms with Crippen LogP contribution in [-0.4, -0.2) is 82.1 Å². The Bertz CT molecular complexity index is 1480. The van der Waals surface area contributed by atoms with Gasteiger partial charge < -0.3 is 37.4 Å². The first-order valence-electron chi connectivity index (χ1n) is 14.7. The molecule has 1 heterocycles. The highest BCUT2D eigenvalue weighted by Gasteiger charge is 2.43. The van der Waals surface area contributed by atoms with Crippen LogP contribution in [0.5, 0.6) is 0 Å². The third-order valence-corrected chi connectivity index (χ3v) is 7.80. The SMILES string of the molecule is CC(NC(=O)[C@H](CC(N)=O)NC(=O)C1[C@@H](c2ccc3ccccc3c2)CCN1C(=O)CCC(=O)O)C(=O)N[C@H](C(N)=O)C(C)C. The van der Waals surface area contributed by atoms with Gasteiger partial charge in [0.15, 0.2) is 0 Å². The highest BCUT2D eigenvalue weighted by atomic mass is 16.4. The number of amides is 6. The highest BCUT2D eigenvalue weighted by Crippen LogP contribution is 2.36. The number of nitrogens with zero attached hydrogens (tertiary/aromatic N) is 1. The van der Waals surface area contributed by atoms with Gasteiger partial charge in [0.25, 0.3) is 0 Å². The maximum Gasteiger partial charge on any atom is 0.303 e. The third kappa shape index (κ3) is 9.00. The van der Waals surface area contributed by atoms with Crippen LogP contribution in [0.3, 0.4) is 0 Å². The number of aliphatic carboxylic acids is 1. The molecule has 0 aromatic heterocycles. The molecule has 0 spiro atoms. The van der Waals surface area contributed by atoms with E-state index in [1.54, 1.807) is 13.8 Å². The molecule has 0 aliphatic carbocycles. The quantitative estimate of drug-likeness (QED) is 0.165. The minimum absolute atomic E-state index is 0.162. The molecule has 1 aliphatic heterocycles. The second kappa shape index (κ2) is 15.1. The average molecular weight is 625 g/mol. The third-order valence-electron chi connectivity index (χ3n) is 7.80. The van der Waals surface area contributed by atoms with Crippen LogP contribution in [-0.2, 0) is 33.6 Å². The number of fused-ring (bicyclic) bond motifs is 1. The van der Waals surface area contributed by atoms with Gasteiger partial charge in [-0.3, -0.25) is 33.6 Å². The first-order chi connectivity index (χ1) is 21.2. The van der Waals surface area contributed by atoms with Gasteiger partial charge in [-0.05, 0) is 35.6 Å². The van der Waals surface area contributed by atoms with Gasteiger partial charge in [-0.1, -0.05) is 56.3 Å². The zero-order valence-electron chi connectivity index (χ0n) is 25.4. The maximum atomic E-state index is 13.9. The number of benzene rings is 2. The number of carboxylic acid groups (broad SMARTS) is 1. The summed E-state index contributed by atoms with van der Waals surface area (Å²) in [4.78, 5) is 89.0. The first-order valence-corrected chi connectivity index (χ1v) is 14.7. The number of carbonyl (C=O) groups excluding carboxylic acids is 6. The van der Waals surface area contributed by atoms with Crippen LogP contribution < -0.4 is 27.4 Å². The Balaban J connectivity index is 1.86. The minimum Gasteiger partial charge on any atom is -0.481 e. The van der Waals surface area contributed by atoms with E-state index >= 15 is 0 Å². The van der Waals surface area contributed by atoms with Crippen LogP contribution in [0.2, 0.25) is 0 Å². The monoisotopic (exact) mass is 624 g/mol. The number of carboxylic acids is 1. The molecule has 6 amide bonds. The molecule has 3 rings (SSSR count). The van der Waals surface area contributed by atoms with Gasteiger partial charge in [-0.25, -0.2) is 0 Å². The Kier molecular flexibility index (Phi) is 11.6. The summed E-state index contributed by atoms with van der Waals surface area (Å²) < 4.78 is 0. The Labute approximate surface area is 260 Å². The number of nitrogens with one attached hydrogen (secondary N) is 3. The molecule has 1 saturated heterocycles. The second-order valence-electron chi connectivity index (χ2n) is 11.5. The summed E-state index contributed by atoms with van der Waals surface area (Å²) in [6.45, 7) is 4.88. The Hall–Kier alpha value is -5.01. The van der Waals surface area contributed by atoms with E-state index in [-0.39, 0.29) is 18.9 Å². The van der Waals surface area contributed by atoms with E-state index in [1.165, 1.54) is 11.8 Å². The van der Waals surface area contributed by atoms with Crippen LogP contribution in [0.4, 0.5) is 0 Å². The maximum absolute atomic E-state index is 13.9. The van der Waals surface area contributed by atoms with Gasteiger partial charge in [0.05, 0.1) is 12.8 Å². The number of hydrogen-bond acceptors (Lipinski definition) is 7. The molecule has 5 atom stereocenters. The van der Waals surface area contributed by atoms with Crippen molar-refractivity contribution < 1.29 is 38.7 Å². The van der Waals surface area contributed by atoms with Gasteiger partial charge in [0.1, 0.15) is 24.2 Å². The van der Waals surface area contributed by atoms with E-state index in [9.17, 15) is 33.6 Å². The van der Waals surface area contributed by atoms with Crippen molar-refractivity contribution in [2.45, 2.75) is 76.5 Å². The standard InChI is InChI=1S/C31H40N6O8/c1-16(2)26(28(33)42)36-29(43)17(3)34-30(44)22(15-23(32)38)35-31(45)27-21(12-13-37(27)24(39)10-11-25(40)41)20-9-8-18-6-4-5-7-19(18)14-20/h4-9,14,16-17,21-22,26-27H,10-13,15H2,1-3H3,(H2,32,38)(H2,33,42)(H,34,44)(H,35,45)(H,36,43)(H,40,41)/t17?,21-,22+,26+,27?/m1/s1. The van der Waals surface area contributed by atoms with E-state index in [1.807, 2.05) is 42.5 Å². The van der Waals surface area contributed by atoms with Crippen molar-refractivity contribution in [3.05, 3.63) is 48.0 Å². The molecule has 0 saturated carbocycles. The fourth-order valence-electron chi connectivity index (χ4n) is 5.43. The Morgan fingerprint density at radius 3 is 2.16 bits per heavy atom. The molecule has 45 heavy (non-hydrogen) atoms. The largest absolute Gasteiger partial charge is 0.481 e. The summed E-state index contributed by atoms with van der Waals surface area (Å²) in [6, 6.07) is 8.47. The lowest BCUT2D eigenvalue weighted by Gasteiger charge is -2.30. The predicted molar refractivity (Wildman–Crippen MR) is 163 cm³/mol. The molecule has 8 N–H and O–H groups in total. The molecule has 2 unspecified atom stereocenters. The van der Waals surface area contributed by atoms with Crippen molar-refractivity contribution in [3.8, 4) is 0 Å². The smallest absolute Gasteiger partial charge is 0.303 e. The molecular formula is C31H40N6O8. The molecule has 14 heteroatoms. The fourth-order valence-corrected chi connectivity index (χ4v) is 5.43. The molecular weight excluding hydrogens is 584 g/mol. The topological polar surface area (TPSA) is 231 Å². The number of likely N-dealkylation sites (tertiary alicyclic amines) is 1. The normalized spacial score (nSPS) is 18.1. The number of carbonyl (C=O) groups is 7. The first kappa shape index (κ1) is 34.5. The van der Waals surface area contributed by atoms with Crippen molar-refractivity contribution in [2.24, 2.45) is 17.4 Å². The Morgan fingerprint density at radius 1 is 0.889 bits per heavy atom. The average Bonchev–Trinajstić information content (AvgIpc) is 3.42. The number of rotatable bonds is 14. The van der Waals surface area contributed by atoms with Crippen LogP contribution in [0.25, 0.3) is 10.8 Å². The van der Waals surface area contributed by atoms with Crippen LogP contribution in [0, 0.1) is 5.92 Å². The van der Waals surface area contributed by atoms with E-state index in [0.717, 1.165) is 16.3 Å². The van der Waals surface area contributed by atoms with Crippen molar-refractivity contribution in [2.75, 3.05) is 6.54 Å². The summed E-state index contributed by atoms with van der Waals surface area (Å²) in [7, 11) is 0. The second-order valence-corrected chi connectivity index (χ2v) is 11.5. The van der Waals surface area contributed by atoms with Crippen molar-refractivity contribution in [1.82, 2.24) is 20.9 Å². The molecule has 1 aliphatic rings. The van der Waals surface area contributed by atoms with E-state index in [4.69, 9.17) is 16.6 Å². The summed E-state index contributed by atoms with van der Waals surface area (Å²) in [5.41, 5.74) is 11.5. The molecule has 242 valence electrons. The van der Waals surface area contributed by atoms with Gasteiger partial charge in [0.2, 0.25) is 35.4 Å². The van der Waals surface area contributed by atoms with Crippen molar-refractivity contribution >= 4 is 52.2 Å². The fraction of sp³-hybridized carbons (Fsp3) is 0.452. The van der Waals surface area contributed by atoms with Crippen molar-refractivity contribution in [1.29, 1.82) is 0 Å². The Morgan fingerprint density at radius 2 is 1.56 bits per heavy atom. The lowest BCUT2D eigenvalue weighted by atomic mass is 9.89. The van der Waals surface area contributed by atoms with Gasteiger partial charge >= 0.3 is 5.97 Å². The van der Waals surface area contributed by atoms with E-state index in [0.29, 0.717) is 6.42 Å². The zero-order chi connectivity index (χ0) is 33.4. The molecule has 14 nitrogen and oxygen atoms in total. The van der Waals surface area contributed by atoms with Gasteiger partial charge in [0, 0.05) is 18.9 Å². The summed E-state index contributed by atoms with van der Waals surface area (Å²) in [5.74, 6) is -6.56. The molecule has 1 fully saturated rings. The van der Waals surface area contributed by atoms with Crippen LogP contribution in [0.1, 0.15) is 57.9 Å². The van der Waals surface area contributed by atoms with E-state index in [2.05, 4.69) is 16.0 Å². The van der Waals surface area contributed by atoms with Crippen LogP contribution >= 0.6 is 0 Å². The number of nitrogens with two attached hydrogens (primary N) is 2. The molecule has 2 aromatic rings. The summed E-state index contributed by atoms with van der Waals surface area (Å²) in [6.07, 6.45) is -0.980. The predicted octanol–water partition coefficient (Wildman–Crippen LogP) is -0.120. The zero-order valence-corrected chi connectivity index (χ0v) is 25.4. The summed E-state index contributed by atoms with van der Waals surface area (Å²) >= 11 is 0. The molecule has 2 aromatic carbocycles.